The van der Waals surface area contributed by atoms with Crippen LogP contribution in [0.5, 0.6) is 0 Å². The molecule has 4 heterocycles. The monoisotopic (exact) mass is 868 g/mol. The highest BCUT2D eigenvalue weighted by atomic mass is 15.0. The predicted molar refractivity (Wildman–Crippen MR) is 276 cm³/mol. The highest BCUT2D eigenvalue weighted by Crippen LogP contribution is 2.41. The molecule has 0 N–H and O–H groups in total. The van der Waals surface area contributed by atoms with Gasteiger partial charge in [0.2, 0.25) is 0 Å². The molecule has 318 valence electrons. The van der Waals surface area contributed by atoms with E-state index in [1.807, 2.05) is 42.5 Å². The lowest BCUT2D eigenvalue weighted by Gasteiger charge is -2.14. The number of hydrogen-bond donors (Lipinski definition) is 0. The number of aryl methyl sites for hydroxylation is 1. The third-order valence-electron chi connectivity index (χ3n) is 13.3. The lowest BCUT2D eigenvalue weighted by molar-refractivity contribution is 1.17. The molecule has 12 aromatic rings. The summed E-state index contributed by atoms with van der Waals surface area (Å²) >= 11 is 0. The van der Waals surface area contributed by atoms with Crippen LogP contribution >= 0.6 is 0 Å². The number of para-hydroxylation sites is 2. The molecular formula is C62H40N6. The Bertz CT molecular complexity index is 4030. The van der Waals surface area contributed by atoms with E-state index in [0.717, 1.165) is 106 Å². The van der Waals surface area contributed by atoms with Crippen LogP contribution in [0.4, 0.5) is 0 Å². The molecule has 68 heavy (non-hydrogen) atoms. The molecule has 12 rings (SSSR count). The van der Waals surface area contributed by atoms with E-state index < -0.39 is 0 Å². The minimum absolute atomic E-state index is 0.609. The molecule has 4 aromatic heterocycles. The first kappa shape index (κ1) is 40.2. The standard InChI is InChI=1S/C62H40N6/c1-40-7-4-10-47(31-40)54-12-6-13-57-58-34-42(15-22-60(58)68(62(54)57)51-18-21-53(49(36-51)39-64)44-25-29-66-30-26-44)32-41-8-5-9-45(33-41)46-16-19-56-55-11-2-3-14-59(55)67(61(56)37-46)50-17-20-52(48(35-50)38-63)43-23-27-65-28-24-43/h2-31,33-37H,32H2,1H3. The summed E-state index contributed by atoms with van der Waals surface area (Å²) in [5.74, 6) is 0. The highest BCUT2D eigenvalue weighted by Gasteiger charge is 2.20. The number of pyridine rings is 2. The van der Waals surface area contributed by atoms with Crippen molar-refractivity contribution in [2.24, 2.45) is 0 Å². The van der Waals surface area contributed by atoms with E-state index in [1.54, 1.807) is 24.8 Å². The number of rotatable bonds is 8. The van der Waals surface area contributed by atoms with Gasteiger partial charge < -0.3 is 9.13 Å². The molecule has 0 aliphatic heterocycles. The Labute approximate surface area is 393 Å². The van der Waals surface area contributed by atoms with Gasteiger partial charge in [0.15, 0.2) is 0 Å². The largest absolute Gasteiger partial charge is 0.309 e. The molecule has 0 fully saturated rings. The molecule has 6 heteroatoms. The fraction of sp³-hybridized carbons (Fsp3) is 0.0323. The van der Waals surface area contributed by atoms with E-state index in [0.29, 0.717) is 11.1 Å². The number of hydrogen-bond acceptors (Lipinski definition) is 4. The number of benzene rings is 8. The Morgan fingerprint density at radius 2 is 1.00 bits per heavy atom. The maximum atomic E-state index is 10.5. The quantitative estimate of drug-likeness (QED) is 0.152. The molecular weight excluding hydrogens is 829 g/mol. The molecule has 8 aromatic carbocycles. The van der Waals surface area contributed by atoms with Crippen molar-refractivity contribution < 1.29 is 0 Å². The summed E-state index contributed by atoms with van der Waals surface area (Å²) in [5.41, 5.74) is 19.3. The van der Waals surface area contributed by atoms with E-state index in [9.17, 15) is 10.5 Å². The van der Waals surface area contributed by atoms with Crippen molar-refractivity contribution in [3.63, 3.8) is 0 Å². The van der Waals surface area contributed by atoms with Gasteiger partial charge in [0.05, 0.1) is 45.3 Å². The fourth-order valence-corrected chi connectivity index (χ4v) is 10.2. The van der Waals surface area contributed by atoms with Gasteiger partial charge in [-0.3, -0.25) is 9.97 Å². The molecule has 0 amide bonds. The normalized spacial score (nSPS) is 11.3. The van der Waals surface area contributed by atoms with Crippen molar-refractivity contribution in [2.75, 3.05) is 0 Å². The van der Waals surface area contributed by atoms with Gasteiger partial charge in [-0.25, -0.2) is 0 Å². The van der Waals surface area contributed by atoms with E-state index in [1.165, 1.54) is 16.7 Å². The molecule has 0 bridgehead atoms. The van der Waals surface area contributed by atoms with Crippen molar-refractivity contribution in [2.45, 2.75) is 13.3 Å². The average Bonchev–Trinajstić information content (AvgIpc) is 3.91. The Kier molecular flexibility index (Phi) is 9.79. The third-order valence-corrected chi connectivity index (χ3v) is 13.3. The van der Waals surface area contributed by atoms with Crippen molar-refractivity contribution in [1.82, 2.24) is 19.1 Å². The lowest BCUT2D eigenvalue weighted by Crippen LogP contribution is -1.98. The first-order valence-electron chi connectivity index (χ1n) is 22.7. The minimum Gasteiger partial charge on any atom is -0.309 e. The van der Waals surface area contributed by atoms with E-state index in [2.05, 4.69) is 184 Å². The highest BCUT2D eigenvalue weighted by molar-refractivity contribution is 6.14. The van der Waals surface area contributed by atoms with Crippen LogP contribution in [-0.4, -0.2) is 19.1 Å². The van der Waals surface area contributed by atoms with Gasteiger partial charge in [0.1, 0.15) is 0 Å². The summed E-state index contributed by atoms with van der Waals surface area (Å²) in [7, 11) is 0. The summed E-state index contributed by atoms with van der Waals surface area (Å²) in [4.78, 5) is 8.37. The van der Waals surface area contributed by atoms with Crippen LogP contribution in [0, 0.1) is 29.6 Å². The van der Waals surface area contributed by atoms with Crippen LogP contribution < -0.4 is 0 Å². The average molecular weight is 869 g/mol. The summed E-state index contributed by atoms with van der Waals surface area (Å²) in [5, 5.41) is 25.4. The van der Waals surface area contributed by atoms with Gasteiger partial charge in [-0.15, -0.1) is 0 Å². The Balaban J connectivity index is 0.947. The Morgan fingerprint density at radius 3 is 1.72 bits per heavy atom. The first-order valence-corrected chi connectivity index (χ1v) is 22.7. The SMILES string of the molecule is Cc1cccc(-c2cccc3c4cc(Cc5cccc(-c6ccc7c8ccccc8n(-c8ccc(-c9ccncc9)c(C#N)c8)c7c6)c5)ccc4n(-c4ccc(-c5ccncc5)c(C#N)c4)c23)c1. The van der Waals surface area contributed by atoms with Crippen molar-refractivity contribution in [3.8, 4) is 68.0 Å². The van der Waals surface area contributed by atoms with Gasteiger partial charge in [-0.05, 0) is 136 Å². The van der Waals surface area contributed by atoms with E-state index >= 15 is 0 Å². The lowest BCUT2D eigenvalue weighted by atomic mass is 9.97. The van der Waals surface area contributed by atoms with Gasteiger partial charge >= 0.3 is 0 Å². The second-order valence-electron chi connectivity index (χ2n) is 17.4. The summed E-state index contributed by atoms with van der Waals surface area (Å²) in [6, 6.07) is 71.2. The molecule has 0 aliphatic rings. The summed E-state index contributed by atoms with van der Waals surface area (Å²) in [6.07, 6.45) is 7.79. The molecule has 0 radical (unpaired) electrons. The molecule has 0 spiro atoms. The van der Waals surface area contributed by atoms with Crippen LogP contribution in [0.1, 0.15) is 27.8 Å². The smallest absolute Gasteiger partial charge is 0.0998 e. The summed E-state index contributed by atoms with van der Waals surface area (Å²) < 4.78 is 4.61. The number of fused-ring (bicyclic) bond motifs is 6. The fourth-order valence-electron chi connectivity index (χ4n) is 10.2. The van der Waals surface area contributed by atoms with Gasteiger partial charge in [0, 0.05) is 63.3 Å². The maximum absolute atomic E-state index is 10.5. The maximum Gasteiger partial charge on any atom is 0.0998 e. The van der Waals surface area contributed by atoms with Gasteiger partial charge in [0.25, 0.3) is 0 Å². The van der Waals surface area contributed by atoms with E-state index in [4.69, 9.17) is 0 Å². The van der Waals surface area contributed by atoms with Crippen LogP contribution in [0.2, 0.25) is 0 Å². The first-order chi connectivity index (χ1) is 33.5. The molecule has 0 saturated heterocycles. The number of nitriles is 2. The number of nitrogens with zero attached hydrogens (tertiary/aromatic N) is 6. The second kappa shape index (κ2) is 16.6. The van der Waals surface area contributed by atoms with Crippen LogP contribution in [0.15, 0.2) is 213 Å². The zero-order valence-corrected chi connectivity index (χ0v) is 37.1. The summed E-state index contributed by atoms with van der Waals surface area (Å²) in [6.45, 7) is 2.13. The number of aromatic nitrogens is 4. The molecule has 0 saturated carbocycles. The Morgan fingerprint density at radius 1 is 0.397 bits per heavy atom. The topological polar surface area (TPSA) is 83.2 Å². The Hall–Kier alpha value is -9.36. The van der Waals surface area contributed by atoms with E-state index in [-0.39, 0.29) is 0 Å². The minimum atomic E-state index is 0.609. The molecule has 0 atom stereocenters. The second-order valence-corrected chi connectivity index (χ2v) is 17.4. The predicted octanol–water partition coefficient (Wildman–Crippen LogP) is 15.0. The van der Waals surface area contributed by atoms with Crippen molar-refractivity contribution in [3.05, 3.63) is 241 Å². The van der Waals surface area contributed by atoms with Crippen molar-refractivity contribution >= 4 is 43.6 Å². The van der Waals surface area contributed by atoms with Gasteiger partial charge in [-0.2, -0.15) is 10.5 Å². The van der Waals surface area contributed by atoms with Crippen LogP contribution in [-0.2, 0) is 6.42 Å². The molecule has 0 aliphatic carbocycles. The van der Waals surface area contributed by atoms with Crippen molar-refractivity contribution in [1.29, 1.82) is 10.5 Å². The van der Waals surface area contributed by atoms with Crippen LogP contribution in [0.25, 0.3) is 99.5 Å². The van der Waals surface area contributed by atoms with Gasteiger partial charge in [-0.1, -0.05) is 121 Å². The molecule has 0 unspecified atom stereocenters. The van der Waals surface area contributed by atoms with Crippen LogP contribution in [0.3, 0.4) is 0 Å². The molecule has 6 nitrogen and oxygen atoms in total. The zero-order chi connectivity index (χ0) is 45.7. The third kappa shape index (κ3) is 6.88. The zero-order valence-electron chi connectivity index (χ0n) is 37.1.